The number of cyclic esters (lactones) is 1. The first kappa shape index (κ1) is 13.4. The summed E-state index contributed by atoms with van der Waals surface area (Å²) in [5.74, 6) is -0.703. The molecule has 2 rings (SSSR count). The second kappa shape index (κ2) is 4.56. The Bertz CT molecular complexity index is 361. The summed E-state index contributed by atoms with van der Waals surface area (Å²) in [6.45, 7) is 6.08. The van der Waals surface area contributed by atoms with Crippen molar-refractivity contribution in [2.75, 3.05) is 7.11 Å². The number of ether oxygens (including phenoxy) is 2. The Balaban J connectivity index is 2.31. The molecule has 0 N–H and O–H groups in total. The minimum Gasteiger partial charge on any atom is -0.468 e. The standard InChI is InChI=1S/C14H22O4/c1-8-5-6-10-9(7-8)11(12(15)17-4)13(16)18-14(10,2)3/h8-11H,5-7H2,1-4H3/t8-,9-,10-,11-/m0/s1. The molecular formula is C14H22O4. The predicted molar refractivity (Wildman–Crippen MR) is 65.7 cm³/mol. The maximum absolute atomic E-state index is 12.0. The van der Waals surface area contributed by atoms with Crippen LogP contribution in [-0.2, 0) is 19.1 Å². The van der Waals surface area contributed by atoms with E-state index in [-0.39, 0.29) is 11.8 Å². The van der Waals surface area contributed by atoms with Gasteiger partial charge in [-0.05, 0) is 38.5 Å². The first-order chi connectivity index (χ1) is 8.36. The molecule has 0 aromatic rings. The van der Waals surface area contributed by atoms with E-state index in [1.165, 1.54) is 7.11 Å². The van der Waals surface area contributed by atoms with Crippen LogP contribution in [0.15, 0.2) is 0 Å². The average Bonchev–Trinajstić information content (AvgIpc) is 2.26. The fraction of sp³-hybridized carbons (Fsp3) is 0.857. The smallest absolute Gasteiger partial charge is 0.321 e. The van der Waals surface area contributed by atoms with Crippen LogP contribution in [0.3, 0.4) is 0 Å². The van der Waals surface area contributed by atoms with Crippen LogP contribution in [0.5, 0.6) is 0 Å². The lowest BCUT2D eigenvalue weighted by molar-refractivity contribution is -0.199. The molecule has 1 saturated heterocycles. The highest BCUT2D eigenvalue weighted by Crippen LogP contribution is 2.48. The molecule has 0 amide bonds. The Kier molecular flexibility index (Phi) is 3.39. The van der Waals surface area contributed by atoms with Gasteiger partial charge in [0.1, 0.15) is 5.60 Å². The van der Waals surface area contributed by atoms with Gasteiger partial charge < -0.3 is 9.47 Å². The molecule has 18 heavy (non-hydrogen) atoms. The van der Waals surface area contributed by atoms with Crippen molar-refractivity contribution in [3.63, 3.8) is 0 Å². The number of carbonyl (C=O) groups is 2. The molecule has 102 valence electrons. The highest BCUT2D eigenvalue weighted by atomic mass is 16.6. The van der Waals surface area contributed by atoms with Crippen LogP contribution in [0.1, 0.15) is 40.0 Å². The van der Waals surface area contributed by atoms with Gasteiger partial charge in [0.15, 0.2) is 5.92 Å². The summed E-state index contributed by atoms with van der Waals surface area (Å²) in [6.07, 6.45) is 3.05. The van der Waals surface area contributed by atoms with E-state index in [2.05, 4.69) is 6.92 Å². The SMILES string of the molecule is COC(=O)[C@H]1C(=O)OC(C)(C)[C@H]2CC[C@H](C)C[C@H]12. The second-order valence-electron chi connectivity index (χ2n) is 6.21. The molecule has 1 aliphatic carbocycles. The molecule has 2 fully saturated rings. The Morgan fingerprint density at radius 2 is 2.06 bits per heavy atom. The lowest BCUT2D eigenvalue weighted by Gasteiger charge is -2.49. The third kappa shape index (κ3) is 2.13. The molecule has 0 radical (unpaired) electrons. The lowest BCUT2D eigenvalue weighted by Crippen LogP contribution is -2.55. The van der Waals surface area contributed by atoms with E-state index in [0.717, 1.165) is 19.3 Å². The highest BCUT2D eigenvalue weighted by molar-refractivity contribution is 5.96. The number of hydrogen-bond acceptors (Lipinski definition) is 4. The molecule has 4 atom stereocenters. The van der Waals surface area contributed by atoms with Crippen LogP contribution in [0.25, 0.3) is 0 Å². The second-order valence-corrected chi connectivity index (χ2v) is 6.21. The molecule has 0 unspecified atom stereocenters. The zero-order chi connectivity index (χ0) is 13.5. The van der Waals surface area contributed by atoms with Gasteiger partial charge in [-0.2, -0.15) is 0 Å². The minimum absolute atomic E-state index is 0.0671. The van der Waals surface area contributed by atoms with E-state index in [9.17, 15) is 9.59 Å². The van der Waals surface area contributed by atoms with Crippen molar-refractivity contribution >= 4 is 11.9 Å². The van der Waals surface area contributed by atoms with Gasteiger partial charge in [-0.1, -0.05) is 13.3 Å². The third-order valence-corrected chi connectivity index (χ3v) is 4.56. The van der Waals surface area contributed by atoms with E-state index in [0.29, 0.717) is 5.92 Å². The van der Waals surface area contributed by atoms with Gasteiger partial charge in [0.25, 0.3) is 0 Å². The summed E-state index contributed by atoms with van der Waals surface area (Å²) in [4.78, 5) is 23.9. The average molecular weight is 254 g/mol. The molecule has 4 heteroatoms. The van der Waals surface area contributed by atoms with E-state index >= 15 is 0 Å². The Morgan fingerprint density at radius 3 is 2.67 bits per heavy atom. The molecule has 1 aliphatic heterocycles. The van der Waals surface area contributed by atoms with Gasteiger partial charge in [0, 0.05) is 5.92 Å². The van der Waals surface area contributed by atoms with Crippen molar-refractivity contribution in [3.8, 4) is 0 Å². The van der Waals surface area contributed by atoms with Crippen LogP contribution in [0.2, 0.25) is 0 Å². The van der Waals surface area contributed by atoms with Gasteiger partial charge in [-0.3, -0.25) is 9.59 Å². The number of carbonyl (C=O) groups excluding carboxylic acids is 2. The quantitative estimate of drug-likeness (QED) is 0.531. The summed E-state index contributed by atoms with van der Waals surface area (Å²) in [5.41, 5.74) is -0.466. The molecule has 1 heterocycles. The lowest BCUT2D eigenvalue weighted by atomic mass is 9.62. The molecule has 2 aliphatic rings. The Morgan fingerprint density at radius 1 is 1.39 bits per heavy atom. The number of hydrogen-bond donors (Lipinski definition) is 0. The summed E-state index contributed by atoms with van der Waals surface area (Å²) < 4.78 is 10.2. The predicted octanol–water partition coefficient (Wildman–Crippen LogP) is 2.16. The van der Waals surface area contributed by atoms with Crippen LogP contribution in [0, 0.1) is 23.7 Å². The number of methoxy groups -OCH3 is 1. The fourth-order valence-corrected chi connectivity index (χ4v) is 3.63. The normalized spacial score (nSPS) is 38.6. The number of esters is 2. The van der Waals surface area contributed by atoms with E-state index < -0.39 is 23.5 Å². The molecule has 4 nitrogen and oxygen atoms in total. The molecule has 0 aromatic carbocycles. The third-order valence-electron chi connectivity index (χ3n) is 4.56. The van der Waals surface area contributed by atoms with Crippen LogP contribution >= 0.6 is 0 Å². The van der Waals surface area contributed by atoms with E-state index in [1.54, 1.807) is 0 Å². The van der Waals surface area contributed by atoms with Gasteiger partial charge in [-0.15, -0.1) is 0 Å². The van der Waals surface area contributed by atoms with Crippen molar-refractivity contribution in [1.82, 2.24) is 0 Å². The molecule has 0 aromatic heterocycles. The monoisotopic (exact) mass is 254 g/mol. The topological polar surface area (TPSA) is 52.6 Å². The summed E-state index contributed by atoms with van der Waals surface area (Å²) >= 11 is 0. The van der Waals surface area contributed by atoms with Gasteiger partial charge in [-0.25, -0.2) is 0 Å². The largest absolute Gasteiger partial charge is 0.468 e. The minimum atomic E-state index is -0.726. The van der Waals surface area contributed by atoms with Crippen molar-refractivity contribution < 1.29 is 19.1 Å². The van der Waals surface area contributed by atoms with Crippen LogP contribution in [-0.4, -0.2) is 24.6 Å². The maximum atomic E-state index is 12.0. The van der Waals surface area contributed by atoms with Crippen molar-refractivity contribution in [3.05, 3.63) is 0 Å². The fourth-order valence-electron chi connectivity index (χ4n) is 3.63. The maximum Gasteiger partial charge on any atom is 0.321 e. The zero-order valence-electron chi connectivity index (χ0n) is 11.6. The van der Waals surface area contributed by atoms with Gasteiger partial charge in [0.05, 0.1) is 7.11 Å². The number of fused-ring (bicyclic) bond motifs is 1. The van der Waals surface area contributed by atoms with Gasteiger partial charge in [0.2, 0.25) is 0 Å². The first-order valence-electron chi connectivity index (χ1n) is 6.67. The van der Waals surface area contributed by atoms with Crippen LogP contribution in [0.4, 0.5) is 0 Å². The van der Waals surface area contributed by atoms with Crippen LogP contribution < -0.4 is 0 Å². The van der Waals surface area contributed by atoms with Crippen molar-refractivity contribution in [2.24, 2.45) is 23.7 Å². The summed E-state index contributed by atoms with van der Waals surface area (Å²) in [6, 6.07) is 0. The zero-order valence-corrected chi connectivity index (χ0v) is 11.6. The molecular weight excluding hydrogens is 232 g/mol. The molecule has 0 spiro atoms. The highest BCUT2D eigenvalue weighted by Gasteiger charge is 2.54. The van der Waals surface area contributed by atoms with E-state index in [1.807, 2.05) is 13.8 Å². The molecule has 0 bridgehead atoms. The van der Waals surface area contributed by atoms with Crippen molar-refractivity contribution in [2.45, 2.75) is 45.6 Å². The number of rotatable bonds is 1. The Hall–Kier alpha value is -1.06. The first-order valence-corrected chi connectivity index (χ1v) is 6.67. The summed E-state index contributed by atoms with van der Waals surface area (Å²) in [5, 5.41) is 0. The summed E-state index contributed by atoms with van der Waals surface area (Å²) in [7, 11) is 1.33. The van der Waals surface area contributed by atoms with Crippen molar-refractivity contribution in [1.29, 1.82) is 0 Å². The Labute approximate surface area is 108 Å². The van der Waals surface area contributed by atoms with Gasteiger partial charge >= 0.3 is 11.9 Å². The van der Waals surface area contributed by atoms with E-state index in [4.69, 9.17) is 9.47 Å². The molecule has 1 saturated carbocycles.